The van der Waals surface area contributed by atoms with E-state index >= 15 is 0 Å². The highest BCUT2D eigenvalue weighted by Crippen LogP contribution is 2.08. The quantitative estimate of drug-likeness (QED) is 0.483. The smallest absolute Gasteiger partial charge is 0.256 e. The van der Waals surface area contributed by atoms with Gasteiger partial charge < -0.3 is 10.1 Å². The number of ether oxygens (including phenoxy) is 1. The summed E-state index contributed by atoms with van der Waals surface area (Å²) in [7, 11) is 1.79. The van der Waals surface area contributed by atoms with Crippen LogP contribution in [0.4, 0.5) is 0 Å². The van der Waals surface area contributed by atoms with E-state index in [1.54, 1.807) is 7.05 Å². The number of nitrogens with one attached hydrogen (secondary N) is 1. The average Bonchev–Trinajstić information content (AvgIpc) is 2.26. The maximum absolute atomic E-state index is 5.26. The molecule has 0 saturated carbocycles. The molecule has 0 aromatic heterocycles. The van der Waals surface area contributed by atoms with Crippen molar-refractivity contribution in [3.05, 3.63) is 0 Å². The van der Waals surface area contributed by atoms with Crippen LogP contribution in [0.25, 0.3) is 0 Å². The van der Waals surface area contributed by atoms with Crippen LogP contribution in [0.15, 0.2) is 0 Å². The first-order valence-electron chi connectivity index (χ1n) is 6.15. The normalized spacial score (nSPS) is 10.0. The van der Waals surface area contributed by atoms with E-state index < -0.39 is 0 Å². The molecule has 1 N–H and O–H groups in total. The van der Waals surface area contributed by atoms with Crippen molar-refractivity contribution < 1.29 is 4.74 Å². The van der Waals surface area contributed by atoms with Gasteiger partial charge in [-0.2, -0.15) is 0 Å². The van der Waals surface area contributed by atoms with E-state index in [9.17, 15) is 0 Å². The second kappa shape index (κ2) is 11.8. The van der Waals surface area contributed by atoms with Gasteiger partial charge in [0.15, 0.2) is 0 Å². The van der Waals surface area contributed by atoms with Crippen LogP contribution in [0.1, 0.15) is 58.3 Å². The van der Waals surface area contributed by atoms with Gasteiger partial charge in [-0.3, -0.25) is 0 Å². The Morgan fingerprint density at radius 1 is 1.00 bits per heavy atom. The molecule has 0 bridgehead atoms. The molecule has 0 saturated heterocycles. The summed E-state index contributed by atoms with van der Waals surface area (Å²) in [5.74, 6) is 0. The van der Waals surface area contributed by atoms with E-state index in [0.29, 0.717) is 5.17 Å². The molecule has 3 heteroatoms. The second-order valence-electron chi connectivity index (χ2n) is 3.86. The van der Waals surface area contributed by atoms with Crippen molar-refractivity contribution in [2.75, 3.05) is 13.7 Å². The fourth-order valence-corrected chi connectivity index (χ4v) is 1.56. The third-order valence-electron chi connectivity index (χ3n) is 2.44. The number of rotatable bonds is 9. The summed E-state index contributed by atoms with van der Waals surface area (Å²) in [6.07, 6.45) is 10.6. The maximum Gasteiger partial charge on any atom is 0.256 e. The van der Waals surface area contributed by atoms with Gasteiger partial charge >= 0.3 is 0 Å². The molecule has 0 aliphatic heterocycles. The van der Waals surface area contributed by atoms with Crippen molar-refractivity contribution in [1.29, 1.82) is 0 Å². The monoisotopic (exact) mass is 231 g/mol. The zero-order valence-corrected chi connectivity index (χ0v) is 11.0. The third kappa shape index (κ3) is 11.6. The highest BCUT2D eigenvalue weighted by molar-refractivity contribution is 7.80. The van der Waals surface area contributed by atoms with E-state index in [2.05, 4.69) is 12.2 Å². The third-order valence-corrected chi connectivity index (χ3v) is 2.76. The minimum absolute atomic E-state index is 0.512. The van der Waals surface area contributed by atoms with Gasteiger partial charge in [0, 0.05) is 7.05 Å². The molecule has 0 unspecified atom stereocenters. The van der Waals surface area contributed by atoms with E-state index in [1.807, 2.05) is 0 Å². The number of hydrogen-bond donors (Lipinski definition) is 1. The van der Waals surface area contributed by atoms with Gasteiger partial charge in [-0.1, -0.05) is 51.9 Å². The van der Waals surface area contributed by atoms with Crippen molar-refractivity contribution in [3.8, 4) is 0 Å². The van der Waals surface area contributed by atoms with Crippen molar-refractivity contribution in [3.63, 3.8) is 0 Å². The van der Waals surface area contributed by atoms with Crippen LogP contribution >= 0.6 is 12.2 Å². The maximum atomic E-state index is 5.26. The van der Waals surface area contributed by atoms with Crippen LogP contribution in [0.3, 0.4) is 0 Å². The van der Waals surface area contributed by atoms with Gasteiger partial charge in [-0.05, 0) is 18.6 Å². The minimum Gasteiger partial charge on any atom is -0.471 e. The lowest BCUT2D eigenvalue weighted by Crippen LogP contribution is -2.19. The van der Waals surface area contributed by atoms with Crippen molar-refractivity contribution in [2.45, 2.75) is 58.3 Å². The zero-order valence-electron chi connectivity index (χ0n) is 10.2. The van der Waals surface area contributed by atoms with Gasteiger partial charge in [0.1, 0.15) is 0 Å². The van der Waals surface area contributed by atoms with Gasteiger partial charge in [0.25, 0.3) is 5.17 Å². The summed E-state index contributed by atoms with van der Waals surface area (Å²) in [6, 6.07) is 0. The lowest BCUT2D eigenvalue weighted by atomic mass is 10.1. The molecule has 0 fully saturated rings. The highest BCUT2D eigenvalue weighted by atomic mass is 32.1. The molecule has 0 radical (unpaired) electrons. The molecular weight excluding hydrogens is 206 g/mol. The summed E-state index contributed by atoms with van der Waals surface area (Å²) >= 11 is 4.87. The molecule has 90 valence electrons. The first-order chi connectivity index (χ1) is 7.31. The molecule has 0 atom stereocenters. The first kappa shape index (κ1) is 14.7. The summed E-state index contributed by atoms with van der Waals surface area (Å²) in [5, 5.41) is 3.31. The van der Waals surface area contributed by atoms with E-state index in [1.165, 1.54) is 44.9 Å². The van der Waals surface area contributed by atoms with E-state index in [4.69, 9.17) is 17.0 Å². The van der Waals surface area contributed by atoms with Gasteiger partial charge in [0.2, 0.25) is 0 Å². The molecule has 0 aromatic carbocycles. The largest absolute Gasteiger partial charge is 0.471 e. The molecule has 0 aliphatic rings. The summed E-state index contributed by atoms with van der Waals surface area (Å²) < 4.78 is 5.26. The Kier molecular flexibility index (Phi) is 11.5. The zero-order chi connectivity index (χ0) is 11.4. The lowest BCUT2D eigenvalue weighted by Gasteiger charge is -2.05. The standard InChI is InChI=1S/C12H25NOS/c1-3-4-5-6-7-8-9-10-11-14-12(15)13-2/h3-11H2,1-2H3,(H,13,15). The molecule has 15 heavy (non-hydrogen) atoms. The van der Waals surface area contributed by atoms with Crippen LogP contribution in [-0.2, 0) is 4.74 Å². The summed E-state index contributed by atoms with van der Waals surface area (Å²) in [4.78, 5) is 0. The predicted octanol–water partition coefficient (Wildman–Crippen LogP) is 3.65. The van der Waals surface area contributed by atoms with Crippen LogP contribution in [-0.4, -0.2) is 18.8 Å². The molecule has 2 nitrogen and oxygen atoms in total. The van der Waals surface area contributed by atoms with Crippen LogP contribution in [0, 0.1) is 0 Å². The SMILES string of the molecule is CCCCCCCCCCOC(=S)NC. The molecule has 0 aliphatic carbocycles. The van der Waals surface area contributed by atoms with Gasteiger partial charge in [-0.15, -0.1) is 0 Å². The van der Waals surface area contributed by atoms with Crippen molar-refractivity contribution in [2.24, 2.45) is 0 Å². The fourth-order valence-electron chi connectivity index (χ4n) is 1.47. The Hall–Kier alpha value is -0.310. The van der Waals surface area contributed by atoms with E-state index in [-0.39, 0.29) is 0 Å². The average molecular weight is 231 g/mol. The number of thiocarbonyl (C=S) groups is 1. The Balaban J connectivity index is 2.95. The highest BCUT2D eigenvalue weighted by Gasteiger charge is 1.94. The predicted molar refractivity (Wildman–Crippen MR) is 70.2 cm³/mol. The number of unbranched alkanes of at least 4 members (excludes halogenated alkanes) is 7. The summed E-state index contributed by atoms with van der Waals surface area (Å²) in [6.45, 7) is 3.01. The fraction of sp³-hybridized carbons (Fsp3) is 0.917. The molecular formula is C12H25NOS. The Bertz CT molecular complexity index is 151. The van der Waals surface area contributed by atoms with E-state index in [0.717, 1.165) is 13.0 Å². The number of hydrogen-bond acceptors (Lipinski definition) is 2. The van der Waals surface area contributed by atoms with Crippen LogP contribution in [0.5, 0.6) is 0 Å². The van der Waals surface area contributed by atoms with Crippen molar-refractivity contribution >= 4 is 17.4 Å². The molecule has 0 aromatic rings. The Morgan fingerprint density at radius 3 is 2.07 bits per heavy atom. The minimum atomic E-state index is 0.512. The van der Waals surface area contributed by atoms with Crippen LogP contribution in [0.2, 0.25) is 0 Å². The topological polar surface area (TPSA) is 21.3 Å². The molecule has 0 amide bonds. The molecule has 0 rings (SSSR count). The first-order valence-corrected chi connectivity index (χ1v) is 6.56. The van der Waals surface area contributed by atoms with Crippen molar-refractivity contribution in [1.82, 2.24) is 5.32 Å². The summed E-state index contributed by atoms with van der Waals surface area (Å²) in [5.41, 5.74) is 0. The lowest BCUT2D eigenvalue weighted by molar-refractivity contribution is 0.289. The van der Waals surface area contributed by atoms with Gasteiger partial charge in [0.05, 0.1) is 6.61 Å². The van der Waals surface area contributed by atoms with Gasteiger partial charge in [-0.25, -0.2) is 0 Å². The second-order valence-corrected chi connectivity index (χ2v) is 4.23. The van der Waals surface area contributed by atoms with Crippen LogP contribution < -0.4 is 5.32 Å². The Morgan fingerprint density at radius 2 is 1.53 bits per heavy atom. The Labute approximate surface area is 99.8 Å². The molecule has 0 heterocycles. The molecule has 0 spiro atoms.